The summed E-state index contributed by atoms with van der Waals surface area (Å²) in [6.07, 6.45) is 3.91. The Morgan fingerprint density at radius 1 is 1.00 bits per heavy atom. The summed E-state index contributed by atoms with van der Waals surface area (Å²) in [5.41, 5.74) is 4.49. The first kappa shape index (κ1) is 7.17. The molecule has 0 radical (unpaired) electrons. The summed E-state index contributed by atoms with van der Waals surface area (Å²) >= 11 is 0. The van der Waals surface area contributed by atoms with Gasteiger partial charge < -0.3 is 0 Å². The zero-order valence-electron chi connectivity index (χ0n) is 4.69. The van der Waals surface area contributed by atoms with Crippen LogP contribution in [0.1, 0.15) is 19.3 Å². The van der Waals surface area contributed by atoms with Crippen LogP contribution >= 0.6 is 0 Å². The fourth-order valence-electron chi connectivity index (χ4n) is 0.407. The van der Waals surface area contributed by atoms with Gasteiger partial charge in [0.2, 0.25) is 0 Å². The highest BCUT2D eigenvalue weighted by atomic mass is 28.1. The molecule has 0 N–H and O–H groups in total. The van der Waals surface area contributed by atoms with Crippen LogP contribution in [-0.2, 0) is 0 Å². The molecule has 0 fully saturated rings. The lowest BCUT2D eigenvalue weighted by atomic mass is 10.3. The molecule has 0 atom stereocenters. The summed E-state index contributed by atoms with van der Waals surface area (Å²) in [5, 5.41) is 0. The first-order valence-electron chi connectivity index (χ1n) is 2.63. The van der Waals surface area contributed by atoms with Crippen molar-refractivity contribution >= 4 is 31.1 Å². The third kappa shape index (κ3) is 6.17. The van der Waals surface area contributed by atoms with Crippen LogP contribution < -0.4 is 0 Å². The van der Waals surface area contributed by atoms with Gasteiger partial charge in [0.1, 0.15) is 0 Å². The molecule has 0 aromatic rings. The van der Waals surface area contributed by atoms with E-state index in [1.54, 1.807) is 0 Å². The molecule has 0 rings (SSSR count). The van der Waals surface area contributed by atoms with Crippen LogP contribution in [0, 0.1) is 0 Å². The maximum absolute atomic E-state index is 2.24. The molecular formula is C5H12Si2. The quantitative estimate of drug-likeness (QED) is 0.337. The van der Waals surface area contributed by atoms with E-state index >= 15 is 0 Å². The van der Waals surface area contributed by atoms with Gasteiger partial charge in [0.15, 0.2) is 0 Å². The van der Waals surface area contributed by atoms with Crippen molar-refractivity contribution in [3.8, 4) is 0 Å². The summed E-state index contributed by atoms with van der Waals surface area (Å²) in [6, 6.07) is 0. The second kappa shape index (κ2) is 6.17. The number of hydrogen-bond donors (Lipinski definition) is 0. The van der Waals surface area contributed by atoms with Crippen molar-refractivity contribution in [2.45, 2.75) is 19.3 Å². The molecule has 0 aromatic carbocycles. The summed E-state index contributed by atoms with van der Waals surface area (Å²) in [4.78, 5) is 0. The van der Waals surface area contributed by atoms with Crippen LogP contribution in [0.3, 0.4) is 0 Å². The Balaban J connectivity index is 2.68. The van der Waals surface area contributed by atoms with Crippen LogP contribution in [0.2, 0.25) is 0 Å². The SMILES string of the molecule is [SiH2]=CCCCC=[SiH2]. The van der Waals surface area contributed by atoms with E-state index in [4.69, 9.17) is 0 Å². The molecule has 0 aromatic heterocycles. The summed E-state index contributed by atoms with van der Waals surface area (Å²) in [6.45, 7) is 0. The molecule has 0 unspecified atom stereocenters. The van der Waals surface area contributed by atoms with E-state index < -0.39 is 0 Å². The molecule has 40 valence electrons. The van der Waals surface area contributed by atoms with Gasteiger partial charge in [0.25, 0.3) is 0 Å². The van der Waals surface area contributed by atoms with Crippen molar-refractivity contribution in [1.82, 2.24) is 0 Å². The molecule has 0 spiro atoms. The highest BCUT2D eigenvalue weighted by molar-refractivity contribution is 6.28. The Kier molecular flexibility index (Phi) is 6.33. The molecule has 0 saturated carbocycles. The Morgan fingerprint density at radius 2 is 1.43 bits per heavy atom. The van der Waals surface area contributed by atoms with Gasteiger partial charge in [-0.2, -0.15) is 0 Å². The standard InChI is InChI=1S/C5H12Si2/c6-4-2-1-3-5-7/h4-5H,1-3,6-7H2. The highest BCUT2D eigenvalue weighted by Gasteiger charge is 1.73. The average molecular weight is 128 g/mol. The lowest BCUT2D eigenvalue weighted by Crippen LogP contribution is -1.77. The second-order valence-corrected chi connectivity index (χ2v) is 2.66. The van der Waals surface area contributed by atoms with Crippen LogP contribution in [0.5, 0.6) is 0 Å². The van der Waals surface area contributed by atoms with Gasteiger partial charge in [-0.25, -0.2) is 0 Å². The summed E-state index contributed by atoms with van der Waals surface area (Å²) in [7, 11) is 3.88. The van der Waals surface area contributed by atoms with E-state index in [1.807, 2.05) is 19.7 Å². The Hall–Kier alpha value is 0.174. The van der Waals surface area contributed by atoms with Crippen molar-refractivity contribution in [3.63, 3.8) is 0 Å². The van der Waals surface area contributed by atoms with E-state index in [2.05, 4.69) is 11.3 Å². The van der Waals surface area contributed by atoms with Gasteiger partial charge in [-0.1, -0.05) is 0 Å². The van der Waals surface area contributed by atoms with E-state index in [9.17, 15) is 0 Å². The predicted molar refractivity (Wildman–Crippen MR) is 43.1 cm³/mol. The first-order valence-corrected chi connectivity index (χ1v) is 4.27. The lowest BCUT2D eigenvalue weighted by molar-refractivity contribution is 0.957. The molecule has 0 heterocycles. The number of rotatable bonds is 4. The molecule has 0 aliphatic rings. The minimum atomic E-state index is 1.28. The van der Waals surface area contributed by atoms with Crippen molar-refractivity contribution in [2.24, 2.45) is 0 Å². The monoisotopic (exact) mass is 128 g/mol. The van der Waals surface area contributed by atoms with Gasteiger partial charge in [-0.05, 0) is 39.0 Å². The molecule has 0 aliphatic heterocycles. The maximum Gasteiger partial charge on any atom is -0.0288 e. The van der Waals surface area contributed by atoms with Gasteiger partial charge >= 0.3 is 0 Å². The smallest absolute Gasteiger partial charge is 0.0288 e. The van der Waals surface area contributed by atoms with Crippen molar-refractivity contribution in [1.29, 1.82) is 0 Å². The number of unbranched alkanes of at least 4 members (excludes halogenated alkanes) is 2. The van der Waals surface area contributed by atoms with Crippen molar-refractivity contribution in [3.05, 3.63) is 0 Å². The van der Waals surface area contributed by atoms with Gasteiger partial charge in [0, 0.05) is 0 Å². The Labute approximate surface area is 51.0 Å². The van der Waals surface area contributed by atoms with Gasteiger partial charge in [-0.15, -0.1) is 11.3 Å². The normalized spacial score (nSPS) is 8.00. The highest BCUT2D eigenvalue weighted by Crippen LogP contribution is 1.85. The predicted octanol–water partition coefficient (Wildman–Crippen LogP) is -0.973. The molecule has 0 amide bonds. The lowest BCUT2D eigenvalue weighted by Gasteiger charge is -1.84. The van der Waals surface area contributed by atoms with Crippen LogP contribution in [-0.4, -0.2) is 31.1 Å². The molecule has 2 heteroatoms. The topological polar surface area (TPSA) is 0 Å². The molecule has 7 heavy (non-hydrogen) atoms. The molecule has 0 nitrogen and oxygen atoms in total. The largest absolute Gasteiger partial charge is 0.110 e. The molecule has 0 aliphatic carbocycles. The fraction of sp³-hybridized carbons (Fsp3) is 0.600. The van der Waals surface area contributed by atoms with Crippen LogP contribution in [0.25, 0.3) is 0 Å². The number of hydrogen-bond acceptors (Lipinski definition) is 0. The van der Waals surface area contributed by atoms with Crippen molar-refractivity contribution in [2.75, 3.05) is 0 Å². The first-order chi connectivity index (χ1) is 3.41. The molecule has 0 saturated heterocycles. The van der Waals surface area contributed by atoms with Crippen molar-refractivity contribution < 1.29 is 0 Å². The minimum absolute atomic E-state index is 1.28. The minimum Gasteiger partial charge on any atom is -0.110 e. The van der Waals surface area contributed by atoms with Gasteiger partial charge in [-0.3, -0.25) is 0 Å². The molecule has 0 bridgehead atoms. The second-order valence-electron chi connectivity index (χ2n) is 1.51. The molecular weight excluding hydrogens is 116 g/mol. The summed E-state index contributed by atoms with van der Waals surface area (Å²) in [5.74, 6) is 0. The van der Waals surface area contributed by atoms with E-state index in [0.717, 1.165) is 0 Å². The van der Waals surface area contributed by atoms with Gasteiger partial charge in [0.05, 0.1) is 0 Å². The fourth-order valence-corrected chi connectivity index (χ4v) is 0.984. The zero-order valence-corrected chi connectivity index (χ0v) is 7.52. The van der Waals surface area contributed by atoms with E-state index in [1.165, 1.54) is 19.3 Å². The Morgan fingerprint density at radius 3 is 1.71 bits per heavy atom. The Bertz CT molecular complexity index is 51.1. The maximum atomic E-state index is 2.24. The third-order valence-electron chi connectivity index (χ3n) is 0.816. The third-order valence-corrected chi connectivity index (χ3v) is 1.63. The van der Waals surface area contributed by atoms with Crippen LogP contribution in [0.4, 0.5) is 0 Å². The van der Waals surface area contributed by atoms with E-state index in [-0.39, 0.29) is 0 Å². The average Bonchev–Trinajstić information content (AvgIpc) is 1.69. The van der Waals surface area contributed by atoms with E-state index in [0.29, 0.717) is 0 Å². The van der Waals surface area contributed by atoms with Crippen LogP contribution in [0.15, 0.2) is 0 Å². The zero-order chi connectivity index (χ0) is 5.54. The summed E-state index contributed by atoms with van der Waals surface area (Å²) < 4.78 is 0.